The molecule has 2 rings (SSSR count). The fourth-order valence-corrected chi connectivity index (χ4v) is 1.37. The Labute approximate surface area is 78.3 Å². The Morgan fingerprint density at radius 3 is 2.77 bits per heavy atom. The van der Waals surface area contributed by atoms with E-state index in [0.29, 0.717) is 6.61 Å². The number of aliphatic imine (C=N–C) groups is 1. The molecule has 0 amide bonds. The minimum absolute atomic E-state index is 0.652. The highest BCUT2D eigenvalue weighted by atomic mass is 16.5. The van der Waals surface area contributed by atoms with Crippen LogP contribution in [0.4, 0.5) is 0 Å². The minimum Gasteiger partial charge on any atom is -0.476 e. The predicted molar refractivity (Wildman–Crippen MR) is 52.8 cm³/mol. The molecule has 0 spiro atoms. The van der Waals surface area contributed by atoms with Gasteiger partial charge < -0.3 is 4.74 Å². The summed E-state index contributed by atoms with van der Waals surface area (Å²) in [6.07, 6.45) is 2.15. The number of ether oxygens (including phenoxy) is 1. The molecule has 1 aliphatic heterocycles. The van der Waals surface area contributed by atoms with Gasteiger partial charge in [-0.3, -0.25) is 4.99 Å². The zero-order valence-corrected chi connectivity index (χ0v) is 7.57. The lowest BCUT2D eigenvalue weighted by molar-refractivity contribution is 0.286. The lowest BCUT2D eigenvalue weighted by Crippen LogP contribution is -2.00. The summed E-state index contributed by atoms with van der Waals surface area (Å²) in [7, 11) is 0. The second-order valence-electron chi connectivity index (χ2n) is 3.15. The van der Waals surface area contributed by atoms with Crippen LogP contribution in [0.15, 0.2) is 35.3 Å². The van der Waals surface area contributed by atoms with Crippen LogP contribution in [0.3, 0.4) is 0 Å². The fourth-order valence-electron chi connectivity index (χ4n) is 1.37. The predicted octanol–water partition coefficient (Wildman–Crippen LogP) is 2.40. The van der Waals surface area contributed by atoms with Crippen molar-refractivity contribution in [2.75, 3.05) is 6.54 Å². The molecule has 1 aliphatic rings. The monoisotopic (exact) mass is 175 g/mol. The van der Waals surface area contributed by atoms with E-state index in [4.69, 9.17) is 4.74 Å². The molecule has 2 heteroatoms. The largest absolute Gasteiger partial charge is 0.476 e. The first-order valence-electron chi connectivity index (χ1n) is 4.65. The summed E-state index contributed by atoms with van der Waals surface area (Å²) in [5, 5.41) is 0. The Kier molecular flexibility index (Phi) is 2.60. The summed E-state index contributed by atoms with van der Waals surface area (Å²) in [6, 6.07) is 10.2. The minimum atomic E-state index is 0.652. The molecule has 0 aromatic heterocycles. The molecule has 0 bridgehead atoms. The molecular weight excluding hydrogens is 162 g/mol. The van der Waals surface area contributed by atoms with Gasteiger partial charge in [-0.15, -0.1) is 0 Å². The quantitative estimate of drug-likeness (QED) is 0.676. The van der Waals surface area contributed by atoms with Gasteiger partial charge in [0, 0.05) is 13.0 Å². The van der Waals surface area contributed by atoms with Gasteiger partial charge >= 0.3 is 0 Å². The lowest BCUT2D eigenvalue weighted by atomic mass is 10.2. The summed E-state index contributed by atoms with van der Waals surface area (Å²) < 4.78 is 5.54. The van der Waals surface area contributed by atoms with Gasteiger partial charge in [0.15, 0.2) is 5.90 Å². The van der Waals surface area contributed by atoms with E-state index in [9.17, 15) is 0 Å². The normalized spacial score (nSPS) is 15.5. The van der Waals surface area contributed by atoms with Gasteiger partial charge in [0.05, 0.1) is 0 Å². The molecule has 0 radical (unpaired) electrons. The fraction of sp³-hybridized carbons (Fsp3) is 0.364. The van der Waals surface area contributed by atoms with Crippen LogP contribution in [0.2, 0.25) is 0 Å². The summed E-state index contributed by atoms with van der Waals surface area (Å²) in [6.45, 7) is 1.59. The van der Waals surface area contributed by atoms with Crippen LogP contribution < -0.4 is 0 Å². The molecule has 2 nitrogen and oxygen atoms in total. The number of benzene rings is 1. The smallest absolute Gasteiger partial charge is 0.183 e. The van der Waals surface area contributed by atoms with E-state index in [1.54, 1.807) is 0 Å². The van der Waals surface area contributed by atoms with Crippen LogP contribution in [0.5, 0.6) is 0 Å². The molecule has 0 fully saturated rings. The molecular formula is C11H13NO. The van der Waals surface area contributed by atoms with Gasteiger partial charge in [0.2, 0.25) is 0 Å². The Balaban J connectivity index is 1.86. The van der Waals surface area contributed by atoms with Crippen molar-refractivity contribution in [3.05, 3.63) is 35.9 Å². The standard InChI is InChI=1S/C11H13NO/c1-2-5-10(6-3-1)9-13-11-7-4-8-12-11/h1-3,5-6H,4,7-9H2. The summed E-state index contributed by atoms with van der Waals surface area (Å²) >= 11 is 0. The molecule has 0 N–H and O–H groups in total. The molecule has 0 aliphatic carbocycles. The first-order valence-corrected chi connectivity index (χ1v) is 4.65. The van der Waals surface area contributed by atoms with E-state index in [-0.39, 0.29) is 0 Å². The van der Waals surface area contributed by atoms with Crippen LogP contribution in [0.1, 0.15) is 18.4 Å². The molecule has 1 aromatic rings. The lowest BCUT2D eigenvalue weighted by Gasteiger charge is -2.04. The highest BCUT2D eigenvalue weighted by Gasteiger charge is 2.06. The van der Waals surface area contributed by atoms with Gasteiger partial charge in [-0.2, -0.15) is 0 Å². The maximum atomic E-state index is 5.54. The van der Waals surface area contributed by atoms with E-state index in [1.165, 1.54) is 5.56 Å². The third kappa shape index (κ3) is 2.31. The molecule has 0 saturated heterocycles. The second-order valence-corrected chi connectivity index (χ2v) is 3.15. The Bertz CT molecular complexity index is 292. The van der Waals surface area contributed by atoms with Crippen molar-refractivity contribution in [2.45, 2.75) is 19.4 Å². The van der Waals surface area contributed by atoms with Crippen molar-refractivity contribution >= 4 is 5.90 Å². The van der Waals surface area contributed by atoms with Gasteiger partial charge in [0.25, 0.3) is 0 Å². The maximum absolute atomic E-state index is 5.54. The Morgan fingerprint density at radius 1 is 1.23 bits per heavy atom. The SMILES string of the molecule is c1ccc(COC2=NCCC2)cc1. The second kappa shape index (κ2) is 4.08. The average molecular weight is 175 g/mol. The van der Waals surface area contributed by atoms with Crippen LogP contribution in [0.25, 0.3) is 0 Å². The molecule has 0 unspecified atom stereocenters. The molecule has 13 heavy (non-hydrogen) atoms. The van der Waals surface area contributed by atoms with E-state index < -0.39 is 0 Å². The molecule has 1 aromatic carbocycles. The van der Waals surface area contributed by atoms with Crippen LogP contribution in [0, 0.1) is 0 Å². The zero-order chi connectivity index (χ0) is 8.93. The van der Waals surface area contributed by atoms with Crippen LogP contribution >= 0.6 is 0 Å². The number of hydrogen-bond acceptors (Lipinski definition) is 2. The zero-order valence-electron chi connectivity index (χ0n) is 7.57. The van der Waals surface area contributed by atoms with Crippen molar-refractivity contribution in [2.24, 2.45) is 4.99 Å². The van der Waals surface area contributed by atoms with Crippen molar-refractivity contribution in [3.63, 3.8) is 0 Å². The third-order valence-corrected chi connectivity index (χ3v) is 2.09. The Morgan fingerprint density at radius 2 is 2.08 bits per heavy atom. The van der Waals surface area contributed by atoms with Gasteiger partial charge in [0.1, 0.15) is 6.61 Å². The summed E-state index contributed by atoms with van der Waals surface area (Å²) in [5.41, 5.74) is 1.21. The van der Waals surface area contributed by atoms with Crippen LogP contribution in [-0.4, -0.2) is 12.4 Å². The first kappa shape index (κ1) is 8.30. The first-order chi connectivity index (χ1) is 6.45. The number of nitrogens with zero attached hydrogens (tertiary/aromatic N) is 1. The number of rotatable bonds is 2. The van der Waals surface area contributed by atoms with Gasteiger partial charge in [-0.05, 0) is 12.0 Å². The van der Waals surface area contributed by atoms with Crippen molar-refractivity contribution in [1.82, 2.24) is 0 Å². The van der Waals surface area contributed by atoms with Crippen molar-refractivity contribution in [3.8, 4) is 0 Å². The van der Waals surface area contributed by atoms with Gasteiger partial charge in [-0.25, -0.2) is 0 Å². The van der Waals surface area contributed by atoms with Crippen molar-refractivity contribution in [1.29, 1.82) is 0 Å². The Hall–Kier alpha value is -1.31. The molecule has 0 saturated carbocycles. The van der Waals surface area contributed by atoms with Crippen LogP contribution in [-0.2, 0) is 11.3 Å². The number of hydrogen-bond donors (Lipinski definition) is 0. The third-order valence-electron chi connectivity index (χ3n) is 2.09. The average Bonchev–Trinajstić information content (AvgIpc) is 2.69. The highest BCUT2D eigenvalue weighted by molar-refractivity contribution is 5.77. The van der Waals surface area contributed by atoms with Crippen molar-refractivity contribution < 1.29 is 4.74 Å². The van der Waals surface area contributed by atoms with E-state index in [1.807, 2.05) is 18.2 Å². The highest BCUT2D eigenvalue weighted by Crippen LogP contribution is 2.08. The maximum Gasteiger partial charge on any atom is 0.183 e. The summed E-state index contributed by atoms with van der Waals surface area (Å²) in [5.74, 6) is 0.920. The molecule has 0 atom stereocenters. The van der Waals surface area contributed by atoms with E-state index in [2.05, 4.69) is 17.1 Å². The topological polar surface area (TPSA) is 21.6 Å². The summed E-state index contributed by atoms with van der Waals surface area (Å²) in [4.78, 5) is 4.25. The molecule has 1 heterocycles. The van der Waals surface area contributed by atoms with Gasteiger partial charge in [-0.1, -0.05) is 30.3 Å². The molecule has 68 valence electrons. The van der Waals surface area contributed by atoms with E-state index >= 15 is 0 Å². The van der Waals surface area contributed by atoms with E-state index in [0.717, 1.165) is 25.3 Å².